The van der Waals surface area contributed by atoms with E-state index in [-0.39, 0.29) is 30.6 Å². The number of nitrogens with zero attached hydrogens (tertiary/aromatic N) is 3. The van der Waals surface area contributed by atoms with Crippen LogP contribution in [0.1, 0.15) is 93.9 Å². The summed E-state index contributed by atoms with van der Waals surface area (Å²) in [5.74, 6) is 1.43. The lowest BCUT2D eigenvalue weighted by Gasteiger charge is -2.36. The van der Waals surface area contributed by atoms with Gasteiger partial charge >= 0.3 is 6.03 Å². The number of urea groups is 1. The summed E-state index contributed by atoms with van der Waals surface area (Å²) in [6.07, 6.45) is 9.05. The van der Waals surface area contributed by atoms with Crippen molar-refractivity contribution in [3.8, 4) is 5.75 Å². The van der Waals surface area contributed by atoms with Crippen LogP contribution < -0.4 is 15.4 Å². The predicted molar refractivity (Wildman–Crippen MR) is 180 cm³/mol. The summed E-state index contributed by atoms with van der Waals surface area (Å²) in [5.41, 5.74) is 1.84. The standard InChI is InChI=1S/C35H55N5O6/c1-23-19-40(24(2)22-41)34(42)30-18-29(36-35(43)37-33-26(4)38-46-27(33)5)15-16-31(30)45-25(3)12-10-11-17-44-32(23)21-39(6)20-28-13-8-7-9-14-28/h15-16,18,23-25,28,32,41H,7-14,17,19-22H2,1-6H3,(H2,36,37,43)/t23-,24-,25-,32+/m0/s1. The molecule has 0 unspecified atom stereocenters. The number of likely N-dealkylation sites (N-methyl/N-ethyl adjacent to an activating group) is 1. The van der Waals surface area contributed by atoms with Crippen molar-refractivity contribution in [3.63, 3.8) is 0 Å². The number of amides is 3. The Kier molecular flexibility index (Phi) is 13.3. The maximum absolute atomic E-state index is 14.4. The molecule has 2 aliphatic rings. The van der Waals surface area contributed by atoms with Crippen LogP contribution in [0.4, 0.5) is 16.2 Å². The van der Waals surface area contributed by atoms with Crippen LogP contribution in [0.15, 0.2) is 22.7 Å². The van der Waals surface area contributed by atoms with E-state index >= 15 is 0 Å². The smallest absolute Gasteiger partial charge is 0.323 e. The van der Waals surface area contributed by atoms with Crippen molar-refractivity contribution in [1.82, 2.24) is 15.0 Å². The molecule has 0 bridgehead atoms. The molecule has 11 heteroatoms. The largest absolute Gasteiger partial charge is 0.490 e. The molecule has 1 fully saturated rings. The van der Waals surface area contributed by atoms with Crippen molar-refractivity contribution in [2.24, 2.45) is 11.8 Å². The number of nitrogens with one attached hydrogen (secondary N) is 2. The SMILES string of the molecule is Cc1noc(C)c1NC(=O)Nc1ccc2c(c1)C(=O)N([C@@H](C)CO)C[C@H](C)[C@@H](CN(C)CC1CCCCC1)OCCCC[C@H](C)O2. The van der Waals surface area contributed by atoms with E-state index in [4.69, 9.17) is 14.0 Å². The molecule has 2 aromatic rings. The van der Waals surface area contributed by atoms with Crippen LogP contribution in [0, 0.1) is 25.7 Å². The Morgan fingerprint density at radius 2 is 1.83 bits per heavy atom. The lowest BCUT2D eigenvalue weighted by atomic mass is 9.89. The Bertz CT molecular complexity index is 1260. The molecule has 46 heavy (non-hydrogen) atoms. The number of hydrogen-bond acceptors (Lipinski definition) is 8. The van der Waals surface area contributed by atoms with Crippen molar-refractivity contribution in [1.29, 1.82) is 0 Å². The normalized spacial score (nSPS) is 22.9. The fourth-order valence-corrected chi connectivity index (χ4v) is 6.59. The first-order valence-electron chi connectivity index (χ1n) is 17.1. The minimum atomic E-state index is -0.483. The quantitative estimate of drug-likeness (QED) is 0.309. The molecule has 4 atom stereocenters. The number of aliphatic hydroxyl groups excluding tert-OH is 1. The molecule has 256 valence electrons. The summed E-state index contributed by atoms with van der Waals surface area (Å²) >= 11 is 0. The van der Waals surface area contributed by atoms with Gasteiger partial charge in [0.05, 0.1) is 30.4 Å². The van der Waals surface area contributed by atoms with Crippen LogP contribution >= 0.6 is 0 Å². The van der Waals surface area contributed by atoms with Gasteiger partial charge in [-0.25, -0.2) is 4.79 Å². The second-order valence-corrected chi connectivity index (χ2v) is 13.5. The molecular formula is C35H55N5O6. The number of benzene rings is 1. The molecule has 1 saturated carbocycles. The van der Waals surface area contributed by atoms with Gasteiger partial charge in [-0.15, -0.1) is 0 Å². The van der Waals surface area contributed by atoms with Crippen LogP contribution in [0.25, 0.3) is 0 Å². The molecule has 0 radical (unpaired) electrons. The molecule has 3 N–H and O–H groups in total. The van der Waals surface area contributed by atoms with Gasteiger partial charge in [0, 0.05) is 37.8 Å². The number of ether oxygens (including phenoxy) is 2. The first-order valence-corrected chi connectivity index (χ1v) is 17.1. The highest BCUT2D eigenvalue weighted by Crippen LogP contribution is 2.29. The van der Waals surface area contributed by atoms with Crippen LogP contribution in [0.2, 0.25) is 0 Å². The van der Waals surface area contributed by atoms with E-state index in [1.807, 2.05) is 13.8 Å². The number of aliphatic hydroxyl groups is 1. The van der Waals surface area contributed by atoms with Crippen LogP contribution in [0.5, 0.6) is 5.75 Å². The van der Waals surface area contributed by atoms with E-state index in [0.717, 1.165) is 38.3 Å². The average Bonchev–Trinajstić information content (AvgIpc) is 3.34. The van der Waals surface area contributed by atoms with Crippen molar-refractivity contribution < 1.29 is 28.7 Å². The molecule has 0 spiro atoms. The van der Waals surface area contributed by atoms with Crippen molar-refractivity contribution in [2.75, 3.05) is 50.5 Å². The van der Waals surface area contributed by atoms with E-state index in [0.29, 0.717) is 47.3 Å². The number of rotatable bonds is 8. The number of fused-ring (bicyclic) bond motifs is 1. The Hall–Kier alpha value is -3.15. The summed E-state index contributed by atoms with van der Waals surface area (Å²) < 4.78 is 18.0. The van der Waals surface area contributed by atoms with Crippen LogP contribution in [0.3, 0.4) is 0 Å². The lowest BCUT2D eigenvalue weighted by Crippen LogP contribution is -2.47. The highest BCUT2D eigenvalue weighted by Gasteiger charge is 2.31. The van der Waals surface area contributed by atoms with Crippen molar-refractivity contribution in [2.45, 2.75) is 104 Å². The van der Waals surface area contributed by atoms with Gasteiger partial charge in [-0.1, -0.05) is 31.3 Å². The van der Waals surface area contributed by atoms with Gasteiger partial charge in [-0.3, -0.25) is 4.79 Å². The van der Waals surface area contributed by atoms with Gasteiger partial charge in [0.15, 0.2) is 5.76 Å². The van der Waals surface area contributed by atoms with Gasteiger partial charge in [-0.05, 0) is 91.0 Å². The maximum atomic E-state index is 14.4. The second kappa shape index (κ2) is 17.1. The molecule has 3 amide bonds. The summed E-state index contributed by atoms with van der Waals surface area (Å²) in [4.78, 5) is 31.4. The van der Waals surface area contributed by atoms with Crippen LogP contribution in [-0.2, 0) is 4.74 Å². The van der Waals surface area contributed by atoms with Crippen LogP contribution in [-0.4, -0.2) is 90.1 Å². The molecule has 4 rings (SSSR count). The van der Waals surface area contributed by atoms with Gasteiger partial charge in [0.1, 0.15) is 17.1 Å². The van der Waals surface area contributed by atoms with E-state index in [2.05, 4.69) is 34.7 Å². The Labute approximate surface area is 274 Å². The van der Waals surface area contributed by atoms with Gasteiger partial charge in [0.25, 0.3) is 5.91 Å². The third-order valence-corrected chi connectivity index (χ3v) is 9.37. The monoisotopic (exact) mass is 641 g/mol. The first-order chi connectivity index (χ1) is 22.0. The summed E-state index contributed by atoms with van der Waals surface area (Å²) in [5, 5.41) is 19.7. The summed E-state index contributed by atoms with van der Waals surface area (Å²) in [6.45, 7) is 12.2. The third kappa shape index (κ3) is 9.92. The zero-order valence-corrected chi connectivity index (χ0v) is 28.6. The second-order valence-electron chi connectivity index (χ2n) is 13.5. The number of aryl methyl sites for hydroxylation is 2. The maximum Gasteiger partial charge on any atom is 0.323 e. The van der Waals surface area contributed by atoms with E-state index in [1.165, 1.54) is 32.1 Å². The average molecular weight is 642 g/mol. The van der Waals surface area contributed by atoms with E-state index in [9.17, 15) is 14.7 Å². The fraction of sp³-hybridized carbons (Fsp3) is 0.686. The Morgan fingerprint density at radius 3 is 2.52 bits per heavy atom. The highest BCUT2D eigenvalue weighted by molar-refractivity contribution is 6.03. The zero-order valence-electron chi connectivity index (χ0n) is 28.6. The number of hydrogen-bond donors (Lipinski definition) is 3. The third-order valence-electron chi connectivity index (χ3n) is 9.37. The van der Waals surface area contributed by atoms with Crippen molar-refractivity contribution in [3.05, 3.63) is 35.2 Å². The fourth-order valence-electron chi connectivity index (χ4n) is 6.59. The summed E-state index contributed by atoms with van der Waals surface area (Å²) in [7, 11) is 2.18. The number of anilines is 2. The number of carbonyl (C=O) groups excluding carboxylic acids is 2. The number of carbonyl (C=O) groups is 2. The molecular weight excluding hydrogens is 586 g/mol. The minimum Gasteiger partial charge on any atom is -0.490 e. The summed E-state index contributed by atoms with van der Waals surface area (Å²) in [6, 6.07) is 4.19. The molecule has 11 nitrogen and oxygen atoms in total. The Morgan fingerprint density at radius 1 is 1.09 bits per heavy atom. The number of aromatic nitrogens is 1. The predicted octanol–water partition coefficient (Wildman–Crippen LogP) is 6.24. The van der Waals surface area contributed by atoms with Crippen molar-refractivity contribution >= 4 is 23.3 Å². The molecule has 1 aromatic heterocycles. The zero-order chi connectivity index (χ0) is 33.2. The van der Waals surface area contributed by atoms with Gasteiger partial charge in [-0.2, -0.15) is 0 Å². The van der Waals surface area contributed by atoms with Gasteiger partial charge < -0.3 is 39.5 Å². The topological polar surface area (TPSA) is 129 Å². The van der Waals surface area contributed by atoms with Gasteiger partial charge in [0.2, 0.25) is 0 Å². The van der Waals surface area contributed by atoms with E-state index < -0.39 is 12.1 Å². The lowest BCUT2D eigenvalue weighted by molar-refractivity contribution is -0.0190. The minimum absolute atomic E-state index is 0.0140. The highest BCUT2D eigenvalue weighted by atomic mass is 16.5. The first kappa shape index (κ1) is 35.7. The molecule has 0 saturated heterocycles. The Balaban J connectivity index is 1.57. The molecule has 2 heterocycles. The van der Waals surface area contributed by atoms with E-state index in [1.54, 1.807) is 36.9 Å². The molecule has 1 aliphatic heterocycles. The molecule has 1 aliphatic carbocycles. The molecule has 1 aromatic carbocycles.